The van der Waals surface area contributed by atoms with Crippen molar-refractivity contribution in [3.8, 4) is 11.3 Å². The number of nitrogens with zero attached hydrogens (tertiary/aromatic N) is 1. The summed E-state index contributed by atoms with van der Waals surface area (Å²) >= 11 is 5.91. The largest absolute Gasteiger partial charge is 0.338 e. The number of aromatic nitrogens is 1. The first kappa shape index (κ1) is 15.9. The third kappa shape index (κ3) is 3.44. The molecule has 2 unspecified atom stereocenters. The van der Waals surface area contributed by atoms with E-state index in [9.17, 15) is 4.79 Å². The summed E-state index contributed by atoms with van der Waals surface area (Å²) in [5.41, 5.74) is 3.99. The molecule has 4 nitrogen and oxygen atoms in total. The number of rotatable bonds is 4. The van der Waals surface area contributed by atoms with Crippen LogP contribution < -0.4 is 5.32 Å². The van der Waals surface area contributed by atoms with Gasteiger partial charge in [0.05, 0.1) is 0 Å². The van der Waals surface area contributed by atoms with Gasteiger partial charge in [-0.15, -0.1) is 0 Å². The smallest absolute Gasteiger partial charge is 0.231 e. The van der Waals surface area contributed by atoms with E-state index in [1.54, 1.807) is 6.07 Å². The highest BCUT2D eigenvalue weighted by atomic mass is 35.5. The van der Waals surface area contributed by atoms with Gasteiger partial charge in [0.2, 0.25) is 11.8 Å². The molecule has 1 heterocycles. The first-order valence-corrected chi connectivity index (χ1v) is 8.58. The Labute approximate surface area is 150 Å². The van der Waals surface area contributed by atoms with Gasteiger partial charge in [-0.25, -0.2) is 0 Å². The Bertz CT molecular complexity index is 900. The minimum atomic E-state index is -0.0356. The second-order valence-corrected chi connectivity index (χ2v) is 6.87. The molecule has 0 radical (unpaired) electrons. The maximum Gasteiger partial charge on any atom is 0.231 e. The Morgan fingerprint density at radius 1 is 1.16 bits per heavy atom. The molecular weight excluding hydrogens is 336 g/mol. The Kier molecular flexibility index (Phi) is 4.06. The van der Waals surface area contributed by atoms with E-state index in [0.29, 0.717) is 16.6 Å². The molecule has 1 aliphatic rings. The fraction of sp³-hybridized carbons (Fsp3) is 0.200. The number of benzene rings is 2. The van der Waals surface area contributed by atoms with E-state index in [1.807, 2.05) is 55.5 Å². The molecule has 126 valence electrons. The molecular formula is C20H17ClN2O2. The minimum absolute atomic E-state index is 0.0332. The van der Waals surface area contributed by atoms with Gasteiger partial charge < -0.3 is 4.52 Å². The van der Waals surface area contributed by atoms with E-state index in [1.165, 1.54) is 5.56 Å². The van der Waals surface area contributed by atoms with Gasteiger partial charge in [0.25, 0.3) is 0 Å². The summed E-state index contributed by atoms with van der Waals surface area (Å²) in [6.07, 6.45) is 0.840. The van der Waals surface area contributed by atoms with Crippen molar-refractivity contribution in [3.05, 3.63) is 70.7 Å². The predicted molar refractivity (Wildman–Crippen MR) is 97.6 cm³/mol. The van der Waals surface area contributed by atoms with Crippen LogP contribution in [-0.2, 0) is 4.79 Å². The molecule has 2 atom stereocenters. The number of halogens is 1. The van der Waals surface area contributed by atoms with Crippen LogP contribution in [0.5, 0.6) is 0 Å². The highest BCUT2D eigenvalue weighted by Crippen LogP contribution is 2.48. The lowest BCUT2D eigenvalue weighted by Gasteiger charge is -2.01. The van der Waals surface area contributed by atoms with Crippen LogP contribution in [0.3, 0.4) is 0 Å². The van der Waals surface area contributed by atoms with E-state index in [4.69, 9.17) is 16.1 Å². The van der Waals surface area contributed by atoms with Gasteiger partial charge >= 0.3 is 0 Å². The first-order valence-electron chi connectivity index (χ1n) is 8.20. The van der Waals surface area contributed by atoms with Crippen molar-refractivity contribution in [2.24, 2.45) is 5.92 Å². The number of hydrogen-bond acceptors (Lipinski definition) is 3. The van der Waals surface area contributed by atoms with Crippen molar-refractivity contribution >= 4 is 23.4 Å². The second kappa shape index (κ2) is 6.37. The first-order chi connectivity index (χ1) is 12.1. The molecule has 0 bridgehead atoms. The quantitative estimate of drug-likeness (QED) is 0.715. The molecule has 2 aromatic carbocycles. The van der Waals surface area contributed by atoms with Crippen LogP contribution in [0.1, 0.15) is 23.5 Å². The zero-order valence-electron chi connectivity index (χ0n) is 13.7. The third-order valence-electron chi connectivity index (χ3n) is 4.53. The molecule has 1 saturated carbocycles. The van der Waals surface area contributed by atoms with Crippen LogP contribution in [-0.4, -0.2) is 11.1 Å². The van der Waals surface area contributed by atoms with Crippen molar-refractivity contribution in [2.75, 3.05) is 5.32 Å². The van der Waals surface area contributed by atoms with E-state index in [0.717, 1.165) is 17.5 Å². The maximum absolute atomic E-state index is 12.4. The minimum Gasteiger partial charge on any atom is -0.338 e. The molecule has 1 fully saturated rings. The van der Waals surface area contributed by atoms with Gasteiger partial charge in [-0.1, -0.05) is 58.7 Å². The summed E-state index contributed by atoms with van der Waals surface area (Å²) in [7, 11) is 0. The van der Waals surface area contributed by atoms with Crippen molar-refractivity contribution in [1.82, 2.24) is 5.16 Å². The molecule has 3 aromatic rings. The van der Waals surface area contributed by atoms with Crippen LogP contribution in [0.4, 0.5) is 5.88 Å². The normalized spacial score (nSPS) is 18.8. The zero-order chi connectivity index (χ0) is 17.4. The van der Waals surface area contributed by atoms with E-state index in [2.05, 4.69) is 10.5 Å². The SMILES string of the molecule is Cc1ccc(-c2cc(NC(=O)C3CC3c3ccc(Cl)cc3)on2)cc1. The third-order valence-corrected chi connectivity index (χ3v) is 4.78. The van der Waals surface area contributed by atoms with Gasteiger partial charge in [-0.3, -0.25) is 10.1 Å². The van der Waals surface area contributed by atoms with Crippen molar-refractivity contribution < 1.29 is 9.32 Å². The monoisotopic (exact) mass is 352 g/mol. The highest BCUT2D eigenvalue weighted by Gasteiger charge is 2.44. The Balaban J connectivity index is 1.40. The summed E-state index contributed by atoms with van der Waals surface area (Å²) in [5, 5.41) is 7.56. The standard InChI is InChI=1S/C20H17ClN2O2/c1-12-2-4-14(5-3-12)18-11-19(25-23-18)22-20(24)17-10-16(17)13-6-8-15(21)9-7-13/h2-9,11,16-17H,10H2,1H3,(H,22,24). The number of hydrogen-bond donors (Lipinski definition) is 1. The van der Waals surface area contributed by atoms with Crippen molar-refractivity contribution in [1.29, 1.82) is 0 Å². The molecule has 1 N–H and O–H groups in total. The number of amides is 1. The average molecular weight is 353 g/mol. The molecule has 0 aliphatic heterocycles. The summed E-state index contributed by atoms with van der Waals surface area (Å²) in [6.45, 7) is 2.03. The molecule has 1 amide bonds. The van der Waals surface area contributed by atoms with Crippen molar-refractivity contribution in [3.63, 3.8) is 0 Å². The van der Waals surface area contributed by atoms with Gasteiger partial charge in [0, 0.05) is 22.6 Å². The summed E-state index contributed by atoms with van der Waals surface area (Å²) in [4.78, 5) is 12.4. The fourth-order valence-corrected chi connectivity index (χ4v) is 3.10. The summed E-state index contributed by atoms with van der Waals surface area (Å²) < 4.78 is 5.26. The van der Waals surface area contributed by atoms with Gasteiger partial charge in [-0.2, -0.15) is 0 Å². The molecule has 4 rings (SSSR count). The van der Waals surface area contributed by atoms with Crippen LogP contribution in [0.25, 0.3) is 11.3 Å². The van der Waals surface area contributed by atoms with Gasteiger partial charge in [0.1, 0.15) is 5.69 Å². The van der Waals surface area contributed by atoms with E-state index in [-0.39, 0.29) is 17.7 Å². The summed E-state index contributed by atoms with van der Waals surface area (Å²) in [6, 6.07) is 17.4. The molecule has 0 saturated heterocycles. The van der Waals surface area contributed by atoms with Crippen LogP contribution in [0.15, 0.2) is 59.1 Å². The number of anilines is 1. The van der Waals surface area contributed by atoms with Crippen molar-refractivity contribution in [2.45, 2.75) is 19.3 Å². The lowest BCUT2D eigenvalue weighted by molar-refractivity contribution is -0.117. The second-order valence-electron chi connectivity index (χ2n) is 6.43. The zero-order valence-corrected chi connectivity index (χ0v) is 14.5. The molecule has 0 spiro atoms. The lowest BCUT2D eigenvalue weighted by atomic mass is 10.1. The Morgan fingerprint density at radius 3 is 2.60 bits per heavy atom. The van der Waals surface area contributed by atoms with E-state index >= 15 is 0 Å². The molecule has 5 heteroatoms. The van der Waals surface area contributed by atoms with Gasteiger partial charge in [-0.05, 0) is 37.0 Å². The molecule has 1 aliphatic carbocycles. The number of carbonyl (C=O) groups is 1. The highest BCUT2D eigenvalue weighted by molar-refractivity contribution is 6.30. The Morgan fingerprint density at radius 2 is 1.88 bits per heavy atom. The van der Waals surface area contributed by atoms with E-state index < -0.39 is 0 Å². The number of nitrogens with one attached hydrogen (secondary N) is 1. The van der Waals surface area contributed by atoms with Gasteiger partial charge in [0.15, 0.2) is 0 Å². The molecule has 1 aromatic heterocycles. The maximum atomic E-state index is 12.4. The van der Waals surface area contributed by atoms with Crippen LogP contribution in [0.2, 0.25) is 5.02 Å². The summed E-state index contributed by atoms with van der Waals surface area (Å²) in [5.74, 6) is 0.555. The lowest BCUT2D eigenvalue weighted by Crippen LogP contribution is -2.14. The topological polar surface area (TPSA) is 55.1 Å². The van der Waals surface area contributed by atoms with Crippen LogP contribution >= 0.6 is 11.6 Å². The molecule has 25 heavy (non-hydrogen) atoms. The fourth-order valence-electron chi connectivity index (χ4n) is 2.97. The predicted octanol–water partition coefficient (Wildman–Crippen LogP) is 5.05. The Hall–Kier alpha value is -2.59. The number of carbonyl (C=O) groups excluding carboxylic acids is 1. The number of aryl methyl sites for hydroxylation is 1. The average Bonchev–Trinajstić information content (AvgIpc) is 3.28. The van der Waals surface area contributed by atoms with Crippen LogP contribution in [0, 0.1) is 12.8 Å².